The van der Waals surface area contributed by atoms with Crippen molar-refractivity contribution >= 4 is 45.3 Å². The number of carbonyl (C=O) groups is 3. The second kappa shape index (κ2) is 5.74. The van der Waals surface area contributed by atoms with Crippen LogP contribution in [0.4, 0.5) is 0 Å². The fourth-order valence-corrected chi connectivity index (χ4v) is 5.51. The number of hydrazine groups is 1. The van der Waals surface area contributed by atoms with Gasteiger partial charge in [0.05, 0.1) is 27.2 Å². The third kappa shape index (κ3) is 2.25. The lowest BCUT2D eigenvalue weighted by Crippen LogP contribution is -2.49. The quantitative estimate of drug-likeness (QED) is 0.439. The molecule has 0 aromatic heterocycles. The first-order chi connectivity index (χ1) is 11.5. The Morgan fingerprint density at radius 1 is 1.21 bits per heavy atom. The zero-order valence-electron chi connectivity index (χ0n) is 12.4. The third-order valence-electron chi connectivity index (χ3n) is 5.24. The van der Waals surface area contributed by atoms with Crippen LogP contribution in [0.3, 0.4) is 0 Å². The van der Waals surface area contributed by atoms with Gasteiger partial charge in [0.25, 0.3) is 5.91 Å². The van der Waals surface area contributed by atoms with Crippen molar-refractivity contribution < 1.29 is 19.1 Å². The second-order valence-electron chi connectivity index (χ2n) is 6.38. The van der Waals surface area contributed by atoms with Crippen LogP contribution in [0.25, 0.3) is 0 Å². The Morgan fingerprint density at radius 3 is 2.71 bits per heavy atom. The van der Waals surface area contributed by atoms with Crippen LogP contribution < -0.4 is 10.9 Å². The normalized spacial score (nSPS) is 35.7. The highest BCUT2D eigenvalue weighted by molar-refractivity contribution is 9.09. The number of halogens is 2. The second-order valence-corrected chi connectivity index (χ2v) is 7.85. The Balaban J connectivity index is 1.45. The number of hydrogen-bond donors (Lipinski definition) is 2. The van der Waals surface area contributed by atoms with E-state index in [1.807, 2.05) is 0 Å². The van der Waals surface area contributed by atoms with Crippen molar-refractivity contribution in [1.82, 2.24) is 10.9 Å². The van der Waals surface area contributed by atoms with Gasteiger partial charge in [0, 0.05) is 5.92 Å². The minimum atomic E-state index is -0.501. The number of alkyl halides is 1. The molecule has 24 heavy (non-hydrogen) atoms. The molecular weight excluding hydrogens is 400 g/mol. The first-order valence-corrected chi connectivity index (χ1v) is 8.97. The van der Waals surface area contributed by atoms with Crippen LogP contribution in [0.5, 0.6) is 0 Å². The van der Waals surface area contributed by atoms with Crippen molar-refractivity contribution in [2.45, 2.75) is 17.4 Å². The van der Waals surface area contributed by atoms with Gasteiger partial charge >= 0.3 is 5.97 Å². The van der Waals surface area contributed by atoms with E-state index in [9.17, 15) is 14.4 Å². The molecule has 126 valence electrons. The number of esters is 1. The predicted molar refractivity (Wildman–Crippen MR) is 88.2 cm³/mol. The van der Waals surface area contributed by atoms with Gasteiger partial charge in [0.15, 0.2) is 0 Å². The van der Waals surface area contributed by atoms with Crippen molar-refractivity contribution in [2.24, 2.45) is 23.7 Å². The van der Waals surface area contributed by atoms with E-state index in [0.29, 0.717) is 5.02 Å². The molecule has 1 aromatic rings. The van der Waals surface area contributed by atoms with E-state index < -0.39 is 17.7 Å². The van der Waals surface area contributed by atoms with Gasteiger partial charge in [-0.2, -0.15) is 0 Å². The standard InChI is InChI=1S/C16H14BrClN2O4/c17-12-7-5-8-11(16(23)24-13(8)12)10(7)15(22)20-19-14(21)6-3-1-2-4-9(6)18/h1-4,7-8,10-13H,5H2,(H,19,21)(H,20,22)/t7-,8-,10-,11-,12+,13+/m1/s1. The van der Waals surface area contributed by atoms with E-state index in [4.69, 9.17) is 16.3 Å². The minimum absolute atomic E-state index is 0.0137. The van der Waals surface area contributed by atoms with E-state index in [2.05, 4.69) is 26.8 Å². The fourth-order valence-electron chi connectivity index (χ4n) is 4.24. The van der Waals surface area contributed by atoms with Gasteiger partial charge in [0.1, 0.15) is 6.10 Å². The topological polar surface area (TPSA) is 84.5 Å². The molecule has 0 spiro atoms. The number of amides is 2. The van der Waals surface area contributed by atoms with E-state index in [1.54, 1.807) is 24.3 Å². The predicted octanol–water partition coefficient (Wildman–Crippen LogP) is 1.67. The molecule has 1 aliphatic heterocycles. The van der Waals surface area contributed by atoms with Gasteiger partial charge in [-0.15, -0.1) is 0 Å². The molecule has 1 heterocycles. The molecule has 3 aliphatic rings. The summed E-state index contributed by atoms with van der Waals surface area (Å²) in [6.07, 6.45) is 0.655. The summed E-state index contributed by atoms with van der Waals surface area (Å²) in [4.78, 5) is 36.7. The molecule has 6 nitrogen and oxygen atoms in total. The summed E-state index contributed by atoms with van der Waals surface area (Å²) < 4.78 is 5.37. The van der Waals surface area contributed by atoms with Gasteiger partial charge in [-0.3, -0.25) is 25.2 Å². The van der Waals surface area contributed by atoms with E-state index >= 15 is 0 Å². The third-order valence-corrected chi connectivity index (χ3v) is 6.77. The maximum Gasteiger partial charge on any atom is 0.310 e. The Morgan fingerprint density at radius 2 is 1.96 bits per heavy atom. The van der Waals surface area contributed by atoms with Crippen LogP contribution in [0.2, 0.25) is 5.02 Å². The summed E-state index contributed by atoms with van der Waals surface area (Å²) in [5.41, 5.74) is 5.08. The summed E-state index contributed by atoms with van der Waals surface area (Å²) in [5, 5.41) is 0.298. The van der Waals surface area contributed by atoms with Gasteiger partial charge < -0.3 is 4.74 Å². The number of hydrogen-bond acceptors (Lipinski definition) is 4. The number of benzene rings is 1. The first kappa shape index (κ1) is 15.9. The van der Waals surface area contributed by atoms with Crippen molar-refractivity contribution in [3.63, 3.8) is 0 Å². The van der Waals surface area contributed by atoms with Crippen LogP contribution in [0, 0.1) is 23.7 Å². The lowest BCUT2D eigenvalue weighted by molar-refractivity contribution is -0.146. The molecule has 2 amide bonds. The fraction of sp³-hybridized carbons (Fsp3) is 0.438. The molecule has 0 unspecified atom stereocenters. The van der Waals surface area contributed by atoms with E-state index in [1.165, 1.54) is 0 Å². The molecule has 8 heteroatoms. The number of rotatable bonds is 2. The van der Waals surface area contributed by atoms with Crippen LogP contribution >= 0.6 is 27.5 Å². The van der Waals surface area contributed by atoms with Gasteiger partial charge in [-0.1, -0.05) is 39.7 Å². The summed E-state index contributed by atoms with van der Waals surface area (Å²) in [5.74, 6) is -1.96. The summed E-state index contributed by atoms with van der Waals surface area (Å²) >= 11 is 9.51. The molecule has 2 bridgehead atoms. The van der Waals surface area contributed by atoms with Gasteiger partial charge in [-0.05, 0) is 24.5 Å². The first-order valence-electron chi connectivity index (χ1n) is 7.68. The smallest absolute Gasteiger partial charge is 0.310 e. The van der Waals surface area contributed by atoms with Gasteiger partial charge in [0.2, 0.25) is 5.91 Å². The molecule has 6 atom stereocenters. The molecule has 2 aliphatic carbocycles. The zero-order chi connectivity index (χ0) is 17.0. The largest absolute Gasteiger partial charge is 0.461 e. The number of nitrogens with one attached hydrogen (secondary N) is 2. The highest BCUT2D eigenvalue weighted by Crippen LogP contribution is 2.59. The minimum Gasteiger partial charge on any atom is -0.461 e. The number of carbonyl (C=O) groups excluding carboxylic acids is 3. The summed E-state index contributed by atoms with van der Waals surface area (Å²) in [6.45, 7) is 0. The monoisotopic (exact) mass is 412 g/mol. The maximum absolute atomic E-state index is 12.5. The maximum atomic E-state index is 12.5. The number of fused-ring (bicyclic) bond motifs is 1. The molecule has 2 saturated carbocycles. The van der Waals surface area contributed by atoms with Crippen molar-refractivity contribution in [1.29, 1.82) is 0 Å². The van der Waals surface area contributed by atoms with Crippen LogP contribution in [-0.2, 0) is 14.3 Å². The molecular formula is C16H14BrClN2O4. The van der Waals surface area contributed by atoms with E-state index in [0.717, 1.165) is 6.42 Å². The van der Waals surface area contributed by atoms with E-state index in [-0.39, 0.29) is 40.2 Å². The summed E-state index contributed by atoms with van der Waals surface area (Å²) in [7, 11) is 0. The Hall–Kier alpha value is -1.60. The van der Waals surface area contributed by atoms with Crippen LogP contribution in [0.1, 0.15) is 16.8 Å². The molecule has 0 radical (unpaired) electrons. The average Bonchev–Trinajstić information content (AvgIpc) is 3.17. The highest BCUT2D eigenvalue weighted by Gasteiger charge is 2.67. The molecule has 1 saturated heterocycles. The number of ether oxygens (including phenoxy) is 1. The Labute approximate surface area is 151 Å². The molecule has 3 fully saturated rings. The van der Waals surface area contributed by atoms with Crippen LogP contribution in [0.15, 0.2) is 24.3 Å². The Bertz CT molecular complexity index is 743. The molecule has 2 N–H and O–H groups in total. The SMILES string of the molecule is O=C(NNC(=O)[C@@H]1[C@H]2C[C@H]3[C@H](OC(=O)[C@H]31)[C@H]2Br)c1ccccc1Cl. The highest BCUT2D eigenvalue weighted by atomic mass is 79.9. The Kier molecular flexibility index (Phi) is 3.80. The van der Waals surface area contributed by atoms with Crippen molar-refractivity contribution in [3.05, 3.63) is 34.9 Å². The lowest BCUT2D eigenvalue weighted by Gasteiger charge is -2.27. The van der Waals surface area contributed by atoms with Gasteiger partial charge in [-0.25, -0.2) is 0 Å². The molecule has 4 rings (SSSR count). The van der Waals surface area contributed by atoms with Crippen molar-refractivity contribution in [3.8, 4) is 0 Å². The van der Waals surface area contributed by atoms with Crippen molar-refractivity contribution in [2.75, 3.05) is 0 Å². The average molecular weight is 414 g/mol. The molecule has 1 aromatic carbocycles. The van der Waals surface area contributed by atoms with Crippen LogP contribution in [-0.4, -0.2) is 28.7 Å². The summed E-state index contributed by atoms with van der Waals surface area (Å²) in [6, 6.07) is 6.56. The zero-order valence-corrected chi connectivity index (χ0v) is 14.7. The lowest BCUT2D eigenvalue weighted by atomic mass is 9.79.